The highest BCUT2D eigenvalue weighted by atomic mass is 16.6. The van der Waals surface area contributed by atoms with Gasteiger partial charge in [-0.15, -0.1) is 0 Å². The van der Waals surface area contributed by atoms with E-state index < -0.39 is 11.0 Å². The summed E-state index contributed by atoms with van der Waals surface area (Å²) in [6.07, 6.45) is 7.84. The Kier molecular flexibility index (Phi) is 4.76. The molecule has 7 heteroatoms. The minimum atomic E-state index is -0.534. The molecule has 0 N–H and O–H groups in total. The number of likely N-dealkylation sites (tertiary alicyclic amines) is 1. The summed E-state index contributed by atoms with van der Waals surface area (Å²) in [7, 11) is 0. The summed E-state index contributed by atoms with van der Waals surface area (Å²) in [6.45, 7) is 6.57. The molecule has 2 aromatic heterocycles. The predicted octanol–water partition coefficient (Wildman–Crippen LogP) is 3.58. The van der Waals surface area contributed by atoms with E-state index in [0.29, 0.717) is 25.9 Å². The van der Waals surface area contributed by atoms with E-state index in [1.54, 1.807) is 23.5 Å². The van der Waals surface area contributed by atoms with Crippen molar-refractivity contribution < 1.29 is 14.3 Å². The van der Waals surface area contributed by atoms with Gasteiger partial charge >= 0.3 is 6.09 Å². The summed E-state index contributed by atoms with van der Waals surface area (Å²) in [5.41, 5.74) is 0.721. The third-order valence-corrected chi connectivity index (χ3v) is 5.66. The summed E-state index contributed by atoms with van der Waals surface area (Å²) >= 11 is 0. The van der Waals surface area contributed by atoms with Gasteiger partial charge in [-0.05, 0) is 57.4 Å². The van der Waals surface area contributed by atoms with Crippen molar-refractivity contribution in [2.24, 2.45) is 5.41 Å². The average molecular weight is 394 g/mol. The third kappa shape index (κ3) is 3.45. The molecule has 2 fully saturated rings. The van der Waals surface area contributed by atoms with Gasteiger partial charge in [-0.2, -0.15) is 0 Å². The van der Waals surface area contributed by atoms with Gasteiger partial charge in [0.2, 0.25) is 5.91 Å². The number of pyridine rings is 2. The second kappa shape index (κ2) is 7.13. The van der Waals surface area contributed by atoms with Gasteiger partial charge in [0.05, 0.1) is 23.3 Å². The number of carbonyl (C=O) groups is 2. The maximum atomic E-state index is 13.4. The van der Waals surface area contributed by atoms with Crippen molar-refractivity contribution in [3.63, 3.8) is 0 Å². The van der Waals surface area contributed by atoms with Crippen LogP contribution in [0.2, 0.25) is 0 Å². The number of ether oxygens (including phenoxy) is 1. The number of carbonyl (C=O) groups excluding carboxylic acids is 2. The Morgan fingerprint density at radius 1 is 1.10 bits per heavy atom. The van der Waals surface area contributed by atoms with Crippen LogP contribution in [0.15, 0.2) is 49.1 Å². The lowest BCUT2D eigenvalue weighted by Gasteiger charge is -2.58. The minimum Gasteiger partial charge on any atom is -0.444 e. The number of hydrogen-bond donors (Lipinski definition) is 0. The van der Waals surface area contributed by atoms with E-state index in [4.69, 9.17) is 4.74 Å². The highest BCUT2D eigenvalue weighted by molar-refractivity contribution is 6.06. The fourth-order valence-electron chi connectivity index (χ4n) is 4.33. The molecule has 4 rings (SSSR count). The average Bonchev–Trinajstić information content (AvgIpc) is 2.71. The number of β-lactam (4-membered cyclic amide) rings is 1. The molecule has 4 heterocycles. The third-order valence-electron chi connectivity index (χ3n) is 5.66. The van der Waals surface area contributed by atoms with Crippen molar-refractivity contribution >= 4 is 17.7 Å². The first kappa shape index (κ1) is 19.4. The van der Waals surface area contributed by atoms with Gasteiger partial charge in [0.1, 0.15) is 5.60 Å². The van der Waals surface area contributed by atoms with Crippen LogP contribution in [0, 0.1) is 5.41 Å². The molecular weight excluding hydrogens is 368 g/mol. The molecule has 0 saturated carbocycles. The van der Waals surface area contributed by atoms with Crippen LogP contribution in [0.1, 0.15) is 45.2 Å². The van der Waals surface area contributed by atoms with E-state index in [1.807, 2.05) is 56.1 Å². The van der Waals surface area contributed by atoms with Crippen molar-refractivity contribution in [1.29, 1.82) is 0 Å². The lowest BCUT2D eigenvalue weighted by Crippen LogP contribution is -2.67. The smallest absolute Gasteiger partial charge is 0.410 e. The molecule has 7 nitrogen and oxygen atoms in total. The summed E-state index contributed by atoms with van der Waals surface area (Å²) in [5.74, 6) is 0.0863. The van der Waals surface area contributed by atoms with Gasteiger partial charge in [-0.1, -0.05) is 6.07 Å². The van der Waals surface area contributed by atoms with Gasteiger partial charge in [-0.3, -0.25) is 14.8 Å². The van der Waals surface area contributed by atoms with Crippen LogP contribution < -0.4 is 4.90 Å². The highest BCUT2D eigenvalue weighted by Gasteiger charge is 2.62. The maximum Gasteiger partial charge on any atom is 0.410 e. The van der Waals surface area contributed by atoms with Crippen LogP contribution in [-0.2, 0) is 9.53 Å². The van der Waals surface area contributed by atoms with Crippen molar-refractivity contribution in [2.45, 2.75) is 45.3 Å². The van der Waals surface area contributed by atoms with Crippen molar-refractivity contribution in [2.75, 3.05) is 18.0 Å². The molecule has 2 saturated heterocycles. The molecule has 0 radical (unpaired) electrons. The molecule has 0 aliphatic carbocycles. The number of rotatable bonds is 2. The molecule has 0 aromatic carbocycles. The highest BCUT2D eigenvalue weighted by Crippen LogP contribution is 2.57. The lowest BCUT2D eigenvalue weighted by atomic mass is 9.62. The molecule has 1 spiro atoms. The van der Waals surface area contributed by atoms with Crippen LogP contribution in [-0.4, -0.2) is 45.6 Å². The Hall–Kier alpha value is -2.96. The van der Waals surface area contributed by atoms with Gasteiger partial charge < -0.3 is 14.5 Å². The van der Waals surface area contributed by atoms with E-state index in [9.17, 15) is 9.59 Å². The maximum absolute atomic E-state index is 13.4. The Labute approximate surface area is 170 Å². The molecule has 1 atom stereocenters. The first-order valence-electron chi connectivity index (χ1n) is 9.93. The van der Waals surface area contributed by atoms with Crippen LogP contribution in [0.3, 0.4) is 0 Å². The number of amides is 2. The summed E-state index contributed by atoms with van der Waals surface area (Å²) in [4.78, 5) is 37.8. The van der Waals surface area contributed by atoms with E-state index in [1.165, 1.54) is 0 Å². The molecule has 1 unspecified atom stereocenters. The Morgan fingerprint density at radius 3 is 2.31 bits per heavy atom. The quantitative estimate of drug-likeness (QED) is 0.728. The van der Waals surface area contributed by atoms with Gasteiger partial charge in [0.15, 0.2) is 0 Å². The second-order valence-corrected chi connectivity index (χ2v) is 8.70. The Bertz CT molecular complexity index is 887. The zero-order valence-electron chi connectivity index (χ0n) is 17.0. The standard InChI is InChI=1S/C22H26N4O3/c1-21(2,3)29-20(28)25-12-8-22(9-13-25)18(16-6-4-10-23-14-16)26(19(22)27)17-7-5-11-24-15-17/h4-7,10-11,14-15,18H,8-9,12-13H2,1-3H3. The molecule has 2 aromatic rings. The van der Waals surface area contributed by atoms with Crippen LogP contribution in [0.25, 0.3) is 0 Å². The van der Waals surface area contributed by atoms with Crippen molar-refractivity contribution in [1.82, 2.24) is 14.9 Å². The van der Waals surface area contributed by atoms with Gasteiger partial charge in [-0.25, -0.2) is 4.79 Å². The molecule has 2 aliphatic rings. The van der Waals surface area contributed by atoms with Gasteiger partial charge in [0, 0.05) is 31.7 Å². The van der Waals surface area contributed by atoms with E-state index in [2.05, 4.69) is 9.97 Å². The molecule has 29 heavy (non-hydrogen) atoms. The van der Waals surface area contributed by atoms with E-state index in [-0.39, 0.29) is 18.0 Å². The summed E-state index contributed by atoms with van der Waals surface area (Å²) in [6, 6.07) is 7.52. The topological polar surface area (TPSA) is 75.6 Å². The van der Waals surface area contributed by atoms with Crippen molar-refractivity contribution in [3.8, 4) is 0 Å². The van der Waals surface area contributed by atoms with Crippen LogP contribution in [0.5, 0.6) is 0 Å². The number of hydrogen-bond acceptors (Lipinski definition) is 5. The van der Waals surface area contributed by atoms with E-state index >= 15 is 0 Å². The molecule has 0 bridgehead atoms. The van der Waals surface area contributed by atoms with Crippen LogP contribution in [0.4, 0.5) is 10.5 Å². The lowest BCUT2D eigenvalue weighted by molar-refractivity contribution is -0.144. The molecule has 152 valence electrons. The zero-order valence-corrected chi connectivity index (χ0v) is 17.0. The SMILES string of the molecule is CC(C)(C)OC(=O)N1CCC2(CC1)C(=O)N(c1cccnc1)C2c1cccnc1. The first-order chi connectivity index (χ1) is 13.8. The number of anilines is 1. The van der Waals surface area contributed by atoms with E-state index in [0.717, 1.165) is 11.3 Å². The molecule has 2 aliphatic heterocycles. The largest absolute Gasteiger partial charge is 0.444 e. The normalized spacial score (nSPS) is 21.1. The zero-order chi connectivity index (χ0) is 20.6. The number of nitrogens with zero attached hydrogens (tertiary/aromatic N) is 4. The van der Waals surface area contributed by atoms with Crippen molar-refractivity contribution in [3.05, 3.63) is 54.6 Å². The molecular formula is C22H26N4O3. The second-order valence-electron chi connectivity index (χ2n) is 8.70. The Balaban J connectivity index is 1.58. The molecule has 2 amide bonds. The summed E-state index contributed by atoms with van der Waals surface area (Å²) < 4.78 is 5.50. The number of piperidine rings is 1. The first-order valence-corrected chi connectivity index (χ1v) is 9.93. The Morgan fingerprint density at radius 2 is 1.76 bits per heavy atom. The minimum absolute atomic E-state index is 0.0863. The predicted molar refractivity (Wildman–Crippen MR) is 108 cm³/mol. The number of aromatic nitrogens is 2. The summed E-state index contributed by atoms with van der Waals surface area (Å²) in [5, 5.41) is 0. The fourth-order valence-corrected chi connectivity index (χ4v) is 4.33. The fraction of sp³-hybridized carbons (Fsp3) is 0.455. The van der Waals surface area contributed by atoms with Gasteiger partial charge in [0.25, 0.3) is 0 Å². The monoisotopic (exact) mass is 394 g/mol. The van der Waals surface area contributed by atoms with Crippen LogP contribution >= 0.6 is 0 Å².